The second-order valence-electron chi connectivity index (χ2n) is 3.08. The van der Waals surface area contributed by atoms with Crippen molar-refractivity contribution in [1.29, 1.82) is 0 Å². The van der Waals surface area contributed by atoms with Crippen LogP contribution in [0.4, 0.5) is 11.4 Å². The molecular weight excluding hydrogens is 184 g/mol. The first-order valence-electron chi connectivity index (χ1n) is 4.19. The van der Waals surface area contributed by atoms with Crippen LogP contribution in [0, 0.1) is 0 Å². The lowest BCUT2D eigenvalue weighted by Gasteiger charge is -2.24. The minimum atomic E-state index is -0.972. The second kappa shape index (κ2) is 3.10. The molecule has 4 N–H and O–H groups in total. The molecule has 0 bridgehead atoms. The van der Waals surface area contributed by atoms with E-state index in [0.717, 1.165) is 5.69 Å². The van der Waals surface area contributed by atoms with Crippen LogP contribution in [0.5, 0.6) is 5.75 Å². The molecule has 5 nitrogen and oxygen atoms in total. The third-order valence-corrected chi connectivity index (χ3v) is 2.03. The molecule has 1 aliphatic rings. The Morgan fingerprint density at radius 3 is 3.14 bits per heavy atom. The van der Waals surface area contributed by atoms with Crippen molar-refractivity contribution in [2.45, 2.75) is 6.10 Å². The number of nitrogens with one attached hydrogen (secondary N) is 1. The second-order valence-corrected chi connectivity index (χ2v) is 3.08. The SMILES string of the molecule is Nc1ccc2c(c1)NCC(C(=O)O)O2. The summed E-state index contributed by atoms with van der Waals surface area (Å²) in [7, 11) is 0. The number of ether oxygens (including phenoxy) is 1. The van der Waals surface area contributed by atoms with Gasteiger partial charge in [-0.05, 0) is 18.2 Å². The molecule has 0 radical (unpaired) electrons. The highest BCUT2D eigenvalue weighted by Crippen LogP contribution is 2.30. The van der Waals surface area contributed by atoms with Crippen LogP contribution >= 0.6 is 0 Å². The van der Waals surface area contributed by atoms with Crippen molar-refractivity contribution in [3.8, 4) is 5.75 Å². The van der Waals surface area contributed by atoms with Crippen LogP contribution in [0.15, 0.2) is 18.2 Å². The highest BCUT2D eigenvalue weighted by atomic mass is 16.5. The van der Waals surface area contributed by atoms with Crippen molar-refractivity contribution in [3.63, 3.8) is 0 Å². The van der Waals surface area contributed by atoms with Crippen LogP contribution in [0.2, 0.25) is 0 Å². The molecule has 0 fully saturated rings. The first-order chi connectivity index (χ1) is 6.66. The molecule has 0 aromatic heterocycles. The van der Waals surface area contributed by atoms with E-state index in [2.05, 4.69) is 5.32 Å². The largest absolute Gasteiger partial charge is 0.478 e. The molecule has 0 amide bonds. The Balaban J connectivity index is 2.27. The van der Waals surface area contributed by atoms with Gasteiger partial charge in [-0.1, -0.05) is 0 Å². The zero-order valence-corrected chi connectivity index (χ0v) is 7.36. The quantitative estimate of drug-likeness (QED) is 0.568. The van der Waals surface area contributed by atoms with Gasteiger partial charge in [0.05, 0.1) is 12.2 Å². The van der Waals surface area contributed by atoms with Gasteiger partial charge in [-0.15, -0.1) is 0 Å². The number of carboxylic acids is 1. The van der Waals surface area contributed by atoms with E-state index in [-0.39, 0.29) is 6.54 Å². The summed E-state index contributed by atoms with van der Waals surface area (Å²) in [6.07, 6.45) is -0.828. The summed E-state index contributed by atoms with van der Waals surface area (Å²) in [5, 5.41) is 11.7. The lowest BCUT2D eigenvalue weighted by Crippen LogP contribution is -2.37. The molecule has 5 heteroatoms. The van der Waals surface area contributed by atoms with Gasteiger partial charge in [0.1, 0.15) is 5.75 Å². The first-order valence-corrected chi connectivity index (χ1v) is 4.19. The summed E-state index contributed by atoms with van der Waals surface area (Å²) in [4.78, 5) is 10.6. The maximum absolute atomic E-state index is 10.6. The molecule has 74 valence electrons. The fourth-order valence-electron chi connectivity index (χ4n) is 1.32. The summed E-state index contributed by atoms with van der Waals surface area (Å²) >= 11 is 0. The summed E-state index contributed by atoms with van der Waals surface area (Å²) in [6.45, 7) is 0.256. The molecule has 0 spiro atoms. The molecule has 1 heterocycles. The number of anilines is 2. The van der Waals surface area contributed by atoms with Gasteiger partial charge in [0.15, 0.2) is 0 Å². The molecule has 1 atom stereocenters. The predicted octanol–water partition coefficient (Wildman–Crippen LogP) is 0.526. The number of carboxylic acid groups (broad SMARTS) is 1. The van der Waals surface area contributed by atoms with Crippen LogP contribution in [0.25, 0.3) is 0 Å². The Labute approximate surface area is 80.5 Å². The maximum Gasteiger partial charge on any atom is 0.346 e. The van der Waals surface area contributed by atoms with E-state index < -0.39 is 12.1 Å². The third-order valence-electron chi connectivity index (χ3n) is 2.03. The van der Waals surface area contributed by atoms with E-state index in [1.54, 1.807) is 18.2 Å². The Morgan fingerprint density at radius 1 is 1.64 bits per heavy atom. The van der Waals surface area contributed by atoms with E-state index in [9.17, 15) is 4.79 Å². The van der Waals surface area contributed by atoms with Crippen LogP contribution < -0.4 is 15.8 Å². The smallest absolute Gasteiger partial charge is 0.346 e. The van der Waals surface area contributed by atoms with E-state index in [4.69, 9.17) is 15.6 Å². The standard InChI is InChI=1S/C9H10N2O3/c10-5-1-2-7-6(3-5)11-4-8(14-7)9(12)13/h1-3,8,11H,4,10H2,(H,12,13). The molecular formula is C9H10N2O3. The molecule has 0 saturated heterocycles. The average molecular weight is 194 g/mol. The van der Waals surface area contributed by atoms with E-state index in [1.165, 1.54) is 0 Å². The highest BCUT2D eigenvalue weighted by Gasteiger charge is 2.24. The molecule has 2 rings (SSSR count). The number of nitrogen functional groups attached to an aromatic ring is 1. The number of nitrogens with two attached hydrogens (primary N) is 1. The molecule has 1 aromatic rings. The first kappa shape index (κ1) is 8.68. The highest BCUT2D eigenvalue weighted by molar-refractivity contribution is 5.76. The van der Waals surface area contributed by atoms with E-state index in [1.807, 2.05) is 0 Å². The molecule has 1 aliphatic heterocycles. The van der Waals surface area contributed by atoms with Crippen LogP contribution in [-0.2, 0) is 4.79 Å². The predicted molar refractivity (Wildman–Crippen MR) is 51.4 cm³/mol. The van der Waals surface area contributed by atoms with Crippen LogP contribution in [0.1, 0.15) is 0 Å². The number of aliphatic carboxylic acids is 1. The van der Waals surface area contributed by atoms with Gasteiger partial charge < -0.3 is 20.9 Å². The number of benzene rings is 1. The van der Waals surface area contributed by atoms with Crippen molar-refractivity contribution >= 4 is 17.3 Å². The number of hydrogen-bond acceptors (Lipinski definition) is 4. The zero-order valence-electron chi connectivity index (χ0n) is 7.36. The Bertz CT molecular complexity index is 378. The molecule has 0 saturated carbocycles. The summed E-state index contributed by atoms with van der Waals surface area (Å²) in [5.41, 5.74) is 6.92. The fraction of sp³-hybridized carbons (Fsp3) is 0.222. The third kappa shape index (κ3) is 1.44. The summed E-state index contributed by atoms with van der Waals surface area (Å²) < 4.78 is 5.23. The van der Waals surface area contributed by atoms with Gasteiger partial charge in [0, 0.05) is 5.69 Å². The topological polar surface area (TPSA) is 84.6 Å². The summed E-state index contributed by atoms with van der Waals surface area (Å²) in [6, 6.07) is 5.05. The van der Waals surface area contributed by atoms with Crippen molar-refractivity contribution in [2.24, 2.45) is 0 Å². The van der Waals surface area contributed by atoms with Gasteiger partial charge >= 0.3 is 5.97 Å². The fourth-order valence-corrected chi connectivity index (χ4v) is 1.32. The van der Waals surface area contributed by atoms with Gasteiger partial charge in [-0.3, -0.25) is 0 Å². The summed E-state index contributed by atoms with van der Waals surface area (Å²) in [5.74, 6) is -0.446. The van der Waals surface area contributed by atoms with Gasteiger partial charge in [0.25, 0.3) is 0 Å². The van der Waals surface area contributed by atoms with Gasteiger partial charge in [0.2, 0.25) is 6.10 Å². The van der Waals surface area contributed by atoms with Crippen molar-refractivity contribution in [2.75, 3.05) is 17.6 Å². The molecule has 0 aliphatic carbocycles. The van der Waals surface area contributed by atoms with Gasteiger partial charge in [-0.25, -0.2) is 4.79 Å². The Morgan fingerprint density at radius 2 is 2.43 bits per heavy atom. The monoisotopic (exact) mass is 194 g/mol. The Hall–Kier alpha value is -1.91. The van der Waals surface area contributed by atoms with Crippen molar-refractivity contribution in [3.05, 3.63) is 18.2 Å². The molecule has 14 heavy (non-hydrogen) atoms. The normalized spacial score (nSPS) is 19.0. The number of carbonyl (C=O) groups is 1. The lowest BCUT2D eigenvalue weighted by molar-refractivity contribution is -0.144. The maximum atomic E-state index is 10.6. The van der Waals surface area contributed by atoms with Crippen molar-refractivity contribution in [1.82, 2.24) is 0 Å². The van der Waals surface area contributed by atoms with E-state index >= 15 is 0 Å². The number of hydrogen-bond donors (Lipinski definition) is 3. The number of fused-ring (bicyclic) bond motifs is 1. The van der Waals surface area contributed by atoms with Gasteiger partial charge in [-0.2, -0.15) is 0 Å². The zero-order chi connectivity index (χ0) is 10.1. The minimum Gasteiger partial charge on any atom is -0.478 e. The molecule has 1 aromatic carbocycles. The van der Waals surface area contributed by atoms with Crippen LogP contribution in [-0.4, -0.2) is 23.7 Å². The lowest BCUT2D eigenvalue weighted by atomic mass is 10.2. The van der Waals surface area contributed by atoms with Crippen molar-refractivity contribution < 1.29 is 14.6 Å². The van der Waals surface area contributed by atoms with E-state index in [0.29, 0.717) is 11.4 Å². The molecule has 1 unspecified atom stereocenters. The average Bonchev–Trinajstić information content (AvgIpc) is 2.16. The van der Waals surface area contributed by atoms with Crippen LogP contribution in [0.3, 0.4) is 0 Å². The Kier molecular flexibility index (Phi) is 1.92. The number of rotatable bonds is 1. The minimum absolute atomic E-state index is 0.256.